The molecule has 0 aliphatic carbocycles. The van der Waals surface area contributed by atoms with Crippen LogP contribution in [-0.2, 0) is 21.3 Å². The van der Waals surface area contributed by atoms with E-state index in [2.05, 4.69) is 14.9 Å². The number of carbonyl (C=O) groups is 1. The molecule has 2 N–H and O–H groups in total. The molecule has 1 saturated heterocycles. The van der Waals surface area contributed by atoms with Crippen LogP contribution < -0.4 is 19.7 Å². The van der Waals surface area contributed by atoms with Crippen molar-refractivity contribution in [3.63, 3.8) is 0 Å². The van der Waals surface area contributed by atoms with Crippen LogP contribution in [0, 0.1) is 0 Å². The van der Waals surface area contributed by atoms with E-state index in [-0.39, 0.29) is 22.9 Å². The minimum Gasteiger partial charge on any atom is -0.496 e. The van der Waals surface area contributed by atoms with Gasteiger partial charge in [0.1, 0.15) is 5.75 Å². The Hall–Kier alpha value is -2.62. The fourth-order valence-electron chi connectivity index (χ4n) is 3.20. The van der Waals surface area contributed by atoms with Crippen molar-refractivity contribution in [3.8, 4) is 5.75 Å². The van der Waals surface area contributed by atoms with E-state index in [9.17, 15) is 13.2 Å². The highest BCUT2D eigenvalue weighted by atomic mass is 32.2. The number of benzene rings is 2. The zero-order chi connectivity index (χ0) is 21.6. The van der Waals surface area contributed by atoms with Crippen LogP contribution in [0.4, 0.5) is 5.69 Å². The molecule has 0 aromatic heterocycles. The van der Waals surface area contributed by atoms with Gasteiger partial charge in [-0.15, -0.1) is 0 Å². The van der Waals surface area contributed by atoms with Gasteiger partial charge in [-0.2, -0.15) is 0 Å². The van der Waals surface area contributed by atoms with E-state index in [0.717, 1.165) is 24.3 Å². The standard InChI is InChI=1S/C21H27N3O5S/c1-3-22-21(25)19-14-18(8-9-20(19)28-2)30(26,27)23-15-16-4-6-17(7-5-16)24-10-12-29-13-11-24/h4-9,14,23H,3,10-13,15H2,1-2H3,(H,22,25). The fraction of sp³-hybridized carbons (Fsp3) is 0.381. The van der Waals surface area contributed by atoms with Crippen molar-refractivity contribution in [1.82, 2.24) is 10.0 Å². The molecule has 0 saturated carbocycles. The number of hydrogen-bond donors (Lipinski definition) is 2. The van der Waals surface area contributed by atoms with Gasteiger partial charge in [0.25, 0.3) is 5.91 Å². The molecule has 8 nitrogen and oxygen atoms in total. The van der Waals surface area contributed by atoms with Crippen molar-refractivity contribution in [2.75, 3.05) is 44.9 Å². The van der Waals surface area contributed by atoms with Crippen LogP contribution in [0.2, 0.25) is 0 Å². The molecule has 0 atom stereocenters. The first-order valence-corrected chi connectivity index (χ1v) is 11.3. The van der Waals surface area contributed by atoms with Gasteiger partial charge in [0.15, 0.2) is 0 Å². The maximum Gasteiger partial charge on any atom is 0.255 e. The molecule has 30 heavy (non-hydrogen) atoms. The zero-order valence-corrected chi connectivity index (χ0v) is 18.0. The van der Waals surface area contributed by atoms with Gasteiger partial charge in [0, 0.05) is 31.9 Å². The lowest BCUT2D eigenvalue weighted by Gasteiger charge is -2.28. The maximum atomic E-state index is 12.7. The molecule has 2 aromatic rings. The van der Waals surface area contributed by atoms with E-state index in [4.69, 9.17) is 9.47 Å². The number of ether oxygens (including phenoxy) is 2. The van der Waals surface area contributed by atoms with E-state index in [0.29, 0.717) is 25.5 Å². The second-order valence-electron chi connectivity index (χ2n) is 6.81. The Kier molecular flexibility index (Phi) is 7.30. The molecule has 3 rings (SSSR count). The summed E-state index contributed by atoms with van der Waals surface area (Å²) in [6.45, 7) is 5.47. The summed E-state index contributed by atoms with van der Waals surface area (Å²) in [5.74, 6) is -0.0660. The molecule has 2 aromatic carbocycles. The monoisotopic (exact) mass is 433 g/mol. The second kappa shape index (κ2) is 9.92. The number of hydrogen-bond acceptors (Lipinski definition) is 6. The lowest BCUT2D eigenvalue weighted by Crippen LogP contribution is -2.36. The van der Waals surface area contributed by atoms with Crippen LogP contribution in [-0.4, -0.2) is 54.3 Å². The Balaban J connectivity index is 1.70. The van der Waals surface area contributed by atoms with Gasteiger partial charge in [-0.1, -0.05) is 12.1 Å². The smallest absolute Gasteiger partial charge is 0.255 e. The Morgan fingerprint density at radius 2 is 1.83 bits per heavy atom. The van der Waals surface area contributed by atoms with Crippen LogP contribution in [0.5, 0.6) is 5.75 Å². The maximum absolute atomic E-state index is 12.7. The molecule has 1 heterocycles. The van der Waals surface area contributed by atoms with Gasteiger partial charge in [-0.3, -0.25) is 4.79 Å². The summed E-state index contributed by atoms with van der Waals surface area (Å²) in [5, 5.41) is 2.66. The number of nitrogens with one attached hydrogen (secondary N) is 2. The minimum absolute atomic E-state index is 0.00879. The molecule has 9 heteroatoms. The summed E-state index contributed by atoms with van der Waals surface area (Å²) in [6.07, 6.45) is 0. The van der Waals surface area contributed by atoms with Crippen LogP contribution in [0.3, 0.4) is 0 Å². The lowest BCUT2D eigenvalue weighted by atomic mass is 10.2. The summed E-state index contributed by atoms with van der Waals surface area (Å²) >= 11 is 0. The Bertz CT molecular complexity index is 971. The molecular weight excluding hydrogens is 406 g/mol. The first kappa shape index (κ1) is 22.1. The molecule has 1 fully saturated rings. The Labute approximate surface area is 177 Å². The van der Waals surface area contributed by atoms with Crippen LogP contribution in [0.1, 0.15) is 22.8 Å². The SMILES string of the molecule is CCNC(=O)c1cc(S(=O)(=O)NCc2ccc(N3CCOCC3)cc2)ccc1OC. The van der Waals surface area contributed by atoms with Gasteiger partial charge in [0.2, 0.25) is 10.0 Å². The van der Waals surface area contributed by atoms with Gasteiger partial charge >= 0.3 is 0 Å². The zero-order valence-electron chi connectivity index (χ0n) is 17.2. The second-order valence-corrected chi connectivity index (χ2v) is 8.58. The number of carbonyl (C=O) groups excluding carboxylic acids is 1. The van der Waals surface area contributed by atoms with Gasteiger partial charge in [-0.25, -0.2) is 13.1 Å². The molecule has 0 bridgehead atoms. The number of anilines is 1. The van der Waals surface area contributed by atoms with Crippen molar-refractivity contribution in [2.24, 2.45) is 0 Å². The van der Waals surface area contributed by atoms with Gasteiger partial charge in [-0.05, 0) is 42.8 Å². The normalized spacial score (nSPS) is 14.4. The molecule has 1 aliphatic heterocycles. The van der Waals surface area contributed by atoms with Crippen molar-refractivity contribution in [2.45, 2.75) is 18.4 Å². The largest absolute Gasteiger partial charge is 0.496 e. The third-order valence-corrected chi connectivity index (χ3v) is 6.24. The average molecular weight is 434 g/mol. The molecule has 0 radical (unpaired) electrons. The number of morpholine rings is 1. The molecule has 0 spiro atoms. The van der Waals surface area contributed by atoms with E-state index in [1.807, 2.05) is 24.3 Å². The predicted octanol–water partition coefficient (Wildman–Crippen LogP) is 1.76. The first-order chi connectivity index (χ1) is 14.4. The van der Waals surface area contributed by atoms with Crippen molar-refractivity contribution in [3.05, 3.63) is 53.6 Å². The number of methoxy groups -OCH3 is 1. The third-order valence-electron chi connectivity index (χ3n) is 4.84. The Morgan fingerprint density at radius 1 is 1.13 bits per heavy atom. The Morgan fingerprint density at radius 3 is 2.47 bits per heavy atom. The molecule has 1 amide bonds. The summed E-state index contributed by atoms with van der Waals surface area (Å²) in [7, 11) is -2.36. The summed E-state index contributed by atoms with van der Waals surface area (Å²) in [5.41, 5.74) is 2.11. The van der Waals surface area contributed by atoms with E-state index >= 15 is 0 Å². The lowest BCUT2D eigenvalue weighted by molar-refractivity contribution is 0.0952. The molecule has 0 unspecified atom stereocenters. The molecular formula is C21H27N3O5S. The minimum atomic E-state index is -3.80. The van der Waals surface area contributed by atoms with Crippen molar-refractivity contribution < 1.29 is 22.7 Å². The van der Waals surface area contributed by atoms with E-state index in [1.165, 1.54) is 25.3 Å². The van der Waals surface area contributed by atoms with Gasteiger partial charge < -0.3 is 19.7 Å². The topological polar surface area (TPSA) is 97.0 Å². The average Bonchev–Trinajstić information content (AvgIpc) is 2.78. The van der Waals surface area contributed by atoms with Crippen molar-refractivity contribution in [1.29, 1.82) is 0 Å². The number of amides is 1. The quantitative estimate of drug-likeness (QED) is 0.659. The number of sulfonamides is 1. The fourth-order valence-corrected chi connectivity index (χ4v) is 4.24. The van der Waals surface area contributed by atoms with E-state index < -0.39 is 10.0 Å². The van der Waals surface area contributed by atoms with Crippen LogP contribution in [0.25, 0.3) is 0 Å². The molecule has 1 aliphatic rings. The summed E-state index contributed by atoms with van der Waals surface area (Å²) in [6, 6.07) is 12.0. The predicted molar refractivity (Wildman–Crippen MR) is 115 cm³/mol. The van der Waals surface area contributed by atoms with E-state index in [1.54, 1.807) is 6.92 Å². The highest BCUT2D eigenvalue weighted by Crippen LogP contribution is 2.23. The summed E-state index contributed by atoms with van der Waals surface area (Å²) in [4.78, 5) is 14.5. The van der Waals surface area contributed by atoms with Crippen LogP contribution >= 0.6 is 0 Å². The van der Waals surface area contributed by atoms with Crippen LogP contribution in [0.15, 0.2) is 47.4 Å². The first-order valence-electron chi connectivity index (χ1n) is 9.82. The number of rotatable bonds is 8. The molecule has 162 valence electrons. The number of nitrogens with zero attached hydrogens (tertiary/aromatic N) is 1. The van der Waals surface area contributed by atoms with Gasteiger partial charge in [0.05, 0.1) is 30.8 Å². The third kappa shape index (κ3) is 5.29. The highest BCUT2D eigenvalue weighted by Gasteiger charge is 2.19. The highest BCUT2D eigenvalue weighted by molar-refractivity contribution is 7.89. The van der Waals surface area contributed by atoms with Crippen molar-refractivity contribution >= 4 is 21.6 Å². The summed E-state index contributed by atoms with van der Waals surface area (Å²) < 4.78 is 38.6.